The van der Waals surface area contributed by atoms with Gasteiger partial charge in [0, 0.05) is 0 Å². The van der Waals surface area contributed by atoms with E-state index in [1.54, 1.807) is 35.6 Å². The molecule has 0 atom stereocenters. The molecule has 0 radical (unpaired) electrons. The van der Waals surface area contributed by atoms with Gasteiger partial charge >= 0.3 is 265 Å². The Morgan fingerprint density at radius 2 is 0.667 bits per heavy atom. The van der Waals surface area contributed by atoms with Crippen molar-refractivity contribution in [3.8, 4) is 0 Å². The zero-order chi connectivity index (χ0) is 28.7. The third-order valence-corrected chi connectivity index (χ3v) is 26.8. The zero-order valence-corrected chi connectivity index (χ0v) is 36.0. The predicted molar refractivity (Wildman–Crippen MR) is 190 cm³/mol. The van der Waals surface area contributed by atoms with Crippen LogP contribution in [0.3, 0.4) is 0 Å². The number of allylic oxidation sites excluding steroid dienone is 16. The number of halogens is 2. The summed E-state index contributed by atoms with van der Waals surface area (Å²) in [5.41, 5.74) is 6.66. The molecule has 0 N–H and O–H groups in total. The predicted octanol–water partition coefficient (Wildman–Crippen LogP) is 12.5. The van der Waals surface area contributed by atoms with Crippen molar-refractivity contribution in [2.45, 2.75) is 130 Å². The molecule has 0 unspecified atom stereocenters. The molecule has 0 saturated carbocycles. The van der Waals surface area contributed by atoms with Gasteiger partial charge in [-0.2, -0.15) is 0 Å². The van der Waals surface area contributed by atoms with Crippen molar-refractivity contribution in [1.29, 1.82) is 0 Å². The molecule has 4 heteroatoms. The van der Waals surface area contributed by atoms with Crippen molar-refractivity contribution in [2.75, 3.05) is 0 Å². The van der Waals surface area contributed by atoms with Gasteiger partial charge in [0.2, 0.25) is 0 Å². The van der Waals surface area contributed by atoms with Gasteiger partial charge in [-0.15, -0.1) is 24.8 Å². The minimum atomic E-state index is -1.94. The van der Waals surface area contributed by atoms with Crippen LogP contribution in [0, 0.1) is 0 Å². The summed E-state index contributed by atoms with van der Waals surface area (Å²) in [6, 6.07) is 0. The van der Waals surface area contributed by atoms with Crippen molar-refractivity contribution >= 4 is 33.3 Å². The Morgan fingerprint density at radius 3 is 0.857 bits per heavy atom. The molecule has 0 heterocycles. The van der Waals surface area contributed by atoms with Crippen LogP contribution in [0.5, 0.6) is 0 Å². The van der Waals surface area contributed by atoms with Crippen LogP contribution in [0.1, 0.15) is 130 Å². The Bertz CT molecular complexity index is 987. The molecule has 0 bridgehead atoms. The molecule has 0 aliphatic heterocycles. The molecule has 0 fully saturated rings. The summed E-state index contributed by atoms with van der Waals surface area (Å²) in [6.45, 7) is 9.15. The van der Waals surface area contributed by atoms with Crippen LogP contribution in [0.4, 0.5) is 0 Å². The second-order valence-corrected chi connectivity index (χ2v) is 27.4. The molecule has 232 valence electrons. The number of rotatable bonds is 16. The van der Waals surface area contributed by atoms with Crippen LogP contribution in [0.2, 0.25) is 0 Å². The summed E-state index contributed by atoms with van der Waals surface area (Å²) in [7, 11) is 0. The molecular weight excluding hydrogens is 884 g/mol. The Morgan fingerprint density at radius 1 is 0.452 bits per heavy atom. The first-order valence-electron chi connectivity index (χ1n) is 16.5. The molecular formula is C38H58Cl2Hf2. The summed E-state index contributed by atoms with van der Waals surface area (Å²) >= 11 is -3.87. The van der Waals surface area contributed by atoms with Crippen molar-refractivity contribution in [1.82, 2.24) is 0 Å². The van der Waals surface area contributed by atoms with Crippen LogP contribution < -0.4 is 0 Å². The molecule has 0 spiro atoms. The first-order valence-corrected chi connectivity index (χ1v) is 28.8. The standard InChI is InChI=1S/4C9H13.2CH2.2ClH.2Hf/c4*1-2-3-6-9-7-4-5-8-9;;;;;;/h4*4,7H,2-3,5-6H2,1H3;2*1H2;2*1H;;. The van der Waals surface area contributed by atoms with Gasteiger partial charge in [0.15, 0.2) is 0 Å². The first kappa shape index (κ1) is 40.0. The maximum absolute atomic E-state index is 4.74. The third kappa shape index (κ3) is 11.7. The molecule has 0 aromatic heterocycles. The van der Waals surface area contributed by atoms with Crippen LogP contribution in [0.25, 0.3) is 0 Å². The molecule has 0 aromatic carbocycles. The van der Waals surface area contributed by atoms with E-state index in [0.29, 0.717) is 0 Å². The van der Waals surface area contributed by atoms with E-state index < -0.39 is 41.9 Å². The van der Waals surface area contributed by atoms with E-state index in [1.807, 2.05) is 0 Å². The molecule has 4 rings (SSSR count). The molecule has 4 aliphatic carbocycles. The quantitative estimate of drug-likeness (QED) is 0.135. The fourth-order valence-corrected chi connectivity index (χ4v) is 22.7. The first-order chi connectivity index (χ1) is 19.5. The van der Waals surface area contributed by atoms with Crippen LogP contribution >= 0.6 is 24.8 Å². The van der Waals surface area contributed by atoms with Gasteiger partial charge in [-0.25, -0.2) is 0 Å². The molecule has 42 heavy (non-hydrogen) atoms. The van der Waals surface area contributed by atoms with Gasteiger partial charge < -0.3 is 0 Å². The van der Waals surface area contributed by atoms with Crippen molar-refractivity contribution in [3.05, 3.63) is 84.2 Å². The molecule has 0 amide bonds. The second-order valence-electron chi connectivity index (χ2n) is 11.8. The summed E-state index contributed by atoms with van der Waals surface area (Å²) in [5.74, 6) is 0. The van der Waals surface area contributed by atoms with Crippen molar-refractivity contribution in [2.24, 2.45) is 0 Å². The van der Waals surface area contributed by atoms with E-state index in [2.05, 4.69) is 76.3 Å². The number of hydrogen-bond donors (Lipinski definition) is 0. The third-order valence-electron chi connectivity index (χ3n) is 8.77. The average Bonchev–Trinajstić information content (AvgIpc) is 3.79. The SMILES string of the molecule is Cl.Cl.[CH2]=[Hf]([C]1=C(CCCC)C=CC1)[C]1=C(CCCC)C=CC1.[CH2]=[Hf]([C]1=C(CCCC)C=CC1)[C]1=C(CCCC)C=CC1. The van der Waals surface area contributed by atoms with Crippen molar-refractivity contribution < 1.29 is 41.9 Å². The number of hydrogen-bond acceptors (Lipinski definition) is 0. The van der Waals surface area contributed by atoms with Gasteiger partial charge in [-0.1, -0.05) is 0 Å². The van der Waals surface area contributed by atoms with Crippen molar-refractivity contribution in [3.63, 3.8) is 0 Å². The van der Waals surface area contributed by atoms with E-state index in [4.69, 9.17) is 8.52 Å². The fraction of sp³-hybridized carbons (Fsp3) is 0.526. The van der Waals surface area contributed by atoms with E-state index in [9.17, 15) is 0 Å². The Labute approximate surface area is 287 Å². The van der Waals surface area contributed by atoms with Gasteiger partial charge in [-0.05, 0) is 0 Å². The molecule has 0 nitrogen and oxygen atoms in total. The molecule has 0 aromatic rings. The minimum absolute atomic E-state index is 0. The Balaban J connectivity index is 0.000000401. The summed E-state index contributed by atoms with van der Waals surface area (Å²) in [5, 5.41) is 0. The van der Waals surface area contributed by atoms with Gasteiger partial charge in [0.05, 0.1) is 0 Å². The summed E-state index contributed by atoms with van der Waals surface area (Å²) < 4.78 is 16.7. The van der Waals surface area contributed by atoms with E-state index in [-0.39, 0.29) is 24.8 Å². The van der Waals surface area contributed by atoms with E-state index in [0.717, 1.165) is 0 Å². The topological polar surface area (TPSA) is 0 Å². The van der Waals surface area contributed by atoms with E-state index in [1.165, 1.54) is 103 Å². The number of unbranched alkanes of at least 4 members (excludes halogenated alkanes) is 4. The van der Waals surface area contributed by atoms with Crippen LogP contribution in [0.15, 0.2) is 84.2 Å². The normalized spacial score (nSPS) is 16.9. The van der Waals surface area contributed by atoms with Gasteiger partial charge in [-0.3, -0.25) is 0 Å². The van der Waals surface area contributed by atoms with E-state index >= 15 is 0 Å². The monoisotopic (exact) mass is 944 g/mol. The Hall–Kier alpha value is -0.0197. The molecule has 4 aliphatic rings. The summed E-state index contributed by atoms with van der Waals surface area (Å²) in [4.78, 5) is 0. The van der Waals surface area contributed by atoms with Crippen LogP contribution in [-0.4, -0.2) is 8.52 Å². The van der Waals surface area contributed by atoms with Gasteiger partial charge in [0.1, 0.15) is 0 Å². The average molecular weight is 943 g/mol. The maximum atomic E-state index is 4.74. The second kappa shape index (κ2) is 22.5. The summed E-state index contributed by atoms with van der Waals surface area (Å²) in [6.07, 6.45) is 39.7. The fourth-order valence-electron chi connectivity index (χ4n) is 6.24. The Kier molecular flexibility index (Phi) is 21.4. The van der Waals surface area contributed by atoms with Gasteiger partial charge in [0.25, 0.3) is 0 Å². The van der Waals surface area contributed by atoms with Crippen LogP contribution in [-0.2, 0) is 41.9 Å². The zero-order valence-electron chi connectivity index (χ0n) is 27.2. The molecule has 0 saturated heterocycles.